The molecule has 1 aliphatic heterocycles. The summed E-state index contributed by atoms with van der Waals surface area (Å²) >= 11 is 0. The molecule has 0 aromatic rings. The third kappa shape index (κ3) is 3.21. The van der Waals surface area contributed by atoms with Gasteiger partial charge in [0.2, 0.25) is 5.91 Å². The third-order valence-corrected chi connectivity index (χ3v) is 4.53. The summed E-state index contributed by atoms with van der Waals surface area (Å²) in [6.07, 6.45) is 7.10. The maximum absolute atomic E-state index is 12.1. The van der Waals surface area contributed by atoms with E-state index in [9.17, 15) is 4.79 Å². The Labute approximate surface area is 105 Å². The SMILES string of the molecule is CC1(C)CCCC1C(=O)NCC[C@@H]1CCCN1. The predicted molar refractivity (Wildman–Crippen MR) is 69.8 cm³/mol. The van der Waals surface area contributed by atoms with Gasteiger partial charge in [0.1, 0.15) is 0 Å². The Morgan fingerprint density at radius 3 is 2.76 bits per heavy atom. The molecule has 1 unspecified atom stereocenters. The highest BCUT2D eigenvalue weighted by atomic mass is 16.1. The molecule has 0 radical (unpaired) electrons. The van der Waals surface area contributed by atoms with Crippen molar-refractivity contribution < 1.29 is 4.79 Å². The Balaban J connectivity index is 1.70. The van der Waals surface area contributed by atoms with Gasteiger partial charge in [-0.25, -0.2) is 0 Å². The van der Waals surface area contributed by atoms with Crippen molar-refractivity contribution >= 4 is 5.91 Å². The molecule has 1 saturated heterocycles. The summed E-state index contributed by atoms with van der Waals surface area (Å²) in [5.41, 5.74) is 0.204. The van der Waals surface area contributed by atoms with Gasteiger partial charge in [0, 0.05) is 18.5 Å². The fourth-order valence-corrected chi connectivity index (χ4v) is 3.31. The van der Waals surface area contributed by atoms with Gasteiger partial charge in [-0.15, -0.1) is 0 Å². The molecule has 1 amide bonds. The molecule has 0 spiro atoms. The van der Waals surface area contributed by atoms with Gasteiger partial charge in [0.15, 0.2) is 0 Å². The van der Waals surface area contributed by atoms with Crippen LogP contribution < -0.4 is 10.6 Å². The highest BCUT2D eigenvalue weighted by Gasteiger charge is 2.38. The lowest BCUT2D eigenvalue weighted by Crippen LogP contribution is -2.38. The highest BCUT2D eigenvalue weighted by molar-refractivity contribution is 5.79. The fraction of sp³-hybridized carbons (Fsp3) is 0.929. The molecule has 2 fully saturated rings. The highest BCUT2D eigenvalue weighted by Crippen LogP contribution is 2.42. The average Bonchev–Trinajstić information content (AvgIpc) is 2.87. The molecule has 0 bridgehead atoms. The van der Waals surface area contributed by atoms with E-state index < -0.39 is 0 Å². The van der Waals surface area contributed by atoms with E-state index in [-0.39, 0.29) is 17.2 Å². The summed E-state index contributed by atoms with van der Waals surface area (Å²) in [5, 5.41) is 6.59. The predicted octanol–water partition coefficient (Wildman–Crippen LogP) is 2.07. The van der Waals surface area contributed by atoms with E-state index in [2.05, 4.69) is 24.5 Å². The summed E-state index contributed by atoms with van der Waals surface area (Å²) in [6, 6.07) is 0.631. The zero-order valence-electron chi connectivity index (χ0n) is 11.2. The van der Waals surface area contributed by atoms with Gasteiger partial charge in [-0.2, -0.15) is 0 Å². The van der Waals surface area contributed by atoms with Crippen LogP contribution in [0.2, 0.25) is 0 Å². The first-order chi connectivity index (χ1) is 8.09. The lowest BCUT2D eigenvalue weighted by Gasteiger charge is -2.26. The standard InChI is InChI=1S/C14H26N2O/c1-14(2)8-3-6-12(14)13(17)16-10-7-11-5-4-9-15-11/h11-12,15H,3-10H2,1-2H3,(H,16,17)/t11-,12?/m0/s1. The second-order valence-electron chi connectivity index (χ2n) is 6.31. The Morgan fingerprint density at radius 2 is 2.18 bits per heavy atom. The van der Waals surface area contributed by atoms with E-state index in [1.54, 1.807) is 0 Å². The molecule has 2 N–H and O–H groups in total. The number of hydrogen-bond donors (Lipinski definition) is 2. The molecule has 0 aromatic carbocycles. The van der Waals surface area contributed by atoms with Crippen molar-refractivity contribution in [1.29, 1.82) is 0 Å². The number of amides is 1. The zero-order valence-corrected chi connectivity index (χ0v) is 11.2. The van der Waals surface area contributed by atoms with Crippen LogP contribution in [0, 0.1) is 11.3 Å². The first-order valence-corrected chi connectivity index (χ1v) is 7.11. The summed E-state index contributed by atoms with van der Waals surface area (Å²) in [5.74, 6) is 0.518. The summed E-state index contributed by atoms with van der Waals surface area (Å²) in [7, 11) is 0. The van der Waals surface area contributed by atoms with Crippen LogP contribution >= 0.6 is 0 Å². The van der Waals surface area contributed by atoms with Crippen LogP contribution in [-0.2, 0) is 4.79 Å². The maximum Gasteiger partial charge on any atom is 0.223 e. The monoisotopic (exact) mass is 238 g/mol. The third-order valence-electron chi connectivity index (χ3n) is 4.53. The Morgan fingerprint density at radius 1 is 1.35 bits per heavy atom. The fourth-order valence-electron chi connectivity index (χ4n) is 3.31. The van der Waals surface area contributed by atoms with Crippen molar-refractivity contribution in [3.63, 3.8) is 0 Å². The van der Waals surface area contributed by atoms with Crippen molar-refractivity contribution in [3.05, 3.63) is 0 Å². The van der Waals surface area contributed by atoms with E-state index in [4.69, 9.17) is 0 Å². The van der Waals surface area contributed by atoms with Crippen molar-refractivity contribution in [2.75, 3.05) is 13.1 Å². The second kappa shape index (κ2) is 5.38. The molecule has 98 valence electrons. The summed E-state index contributed by atoms with van der Waals surface area (Å²) < 4.78 is 0. The van der Waals surface area contributed by atoms with Crippen LogP contribution in [-0.4, -0.2) is 25.0 Å². The normalized spacial score (nSPS) is 31.6. The minimum atomic E-state index is 0.204. The Kier molecular flexibility index (Phi) is 4.08. The van der Waals surface area contributed by atoms with Crippen LogP contribution in [0.4, 0.5) is 0 Å². The van der Waals surface area contributed by atoms with Gasteiger partial charge in [0.25, 0.3) is 0 Å². The van der Waals surface area contributed by atoms with E-state index in [0.29, 0.717) is 6.04 Å². The topological polar surface area (TPSA) is 41.1 Å². The Bertz CT molecular complexity index is 269. The van der Waals surface area contributed by atoms with Crippen molar-refractivity contribution in [3.8, 4) is 0 Å². The van der Waals surface area contributed by atoms with E-state index in [1.165, 1.54) is 25.7 Å². The van der Waals surface area contributed by atoms with Gasteiger partial charge in [-0.3, -0.25) is 4.79 Å². The second-order valence-corrected chi connectivity index (χ2v) is 6.31. The lowest BCUT2D eigenvalue weighted by atomic mass is 9.81. The number of carbonyl (C=O) groups is 1. The minimum Gasteiger partial charge on any atom is -0.356 e. The molecule has 3 heteroatoms. The van der Waals surface area contributed by atoms with Gasteiger partial charge in [-0.1, -0.05) is 20.3 Å². The molecule has 3 nitrogen and oxygen atoms in total. The minimum absolute atomic E-state index is 0.204. The Hall–Kier alpha value is -0.570. The van der Waals surface area contributed by atoms with Crippen LogP contribution in [0.1, 0.15) is 52.4 Å². The van der Waals surface area contributed by atoms with Crippen LogP contribution in [0.5, 0.6) is 0 Å². The molecule has 1 heterocycles. The quantitative estimate of drug-likeness (QED) is 0.787. The lowest BCUT2D eigenvalue weighted by molar-refractivity contribution is -0.127. The van der Waals surface area contributed by atoms with E-state index in [0.717, 1.165) is 25.9 Å². The number of hydrogen-bond acceptors (Lipinski definition) is 2. The molecular formula is C14H26N2O. The van der Waals surface area contributed by atoms with Crippen LogP contribution in [0.25, 0.3) is 0 Å². The van der Waals surface area contributed by atoms with Crippen molar-refractivity contribution in [2.24, 2.45) is 11.3 Å². The summed E-state index contributed by atoms with van der Waals surface area (Å²) in [6.45, 7) is 6.43. The molecule has 1 saturated carbocycles. The van der Waals surface area contributed by atoms with Crippen LogP contribution in [0.3, 0.4) is 0 Å². The molecular weight excluding hydrogens is 212 g/mol. The molecule has 2 atom stereocenters. The van der Waals surface area contributed by atoms with Crippen LogP contribution in [0.15, 0.2) is 0 Å². The van der Waals surface area contributed by atoms with Gasteiger partial charge < -0.3 is 10.6 Å². The molecule has 17 heavy (non-hydrogen) atoms. The first-order valence-electron chi connectivity index (χ1n) is 7.11. The van der Waals surface area contributed by atoms with Crippen molar-refractivity contribution in [2.45, 2.75) is 58.4 Å². The number of nitrogens with one attached hydrogen (secondary N) is 2. The van der Waals surface area contributed by atoms with E-state index in [1.807, 2.05) is 0 Å². The van der Waals surface area contributed by atoms with Crippen molar-refractivity contribution in [1.82, 2.24) is 10.6 Å². The summed E-state index contributed by atoms with van der Waals surface area (Å²) in [4.78, 5) is 12.1. The maximum atomic E-state index is 12.1. The first kappa shape index (κ1) is 12.9. The number of carbonyl (C=O) groups excluding carboxylic acids is 1. The zero-order chi connectivity index (χ0) is 12.3. The smallest absolute Gasteiger partial charge is 0.223 e. The van der Waals surface area contributed by atoms with Gasteiger partial charge in [-0.05, 0) is 44.1 Å². The van der Waals surface area contributed by atoms with E-state index >= 15 is 0 Å². The van der Waals surface area contributed by atoms with Gasteiger partial charge >= 0.3 is 0 Å². The van der Waals surface area contributed by atoms with Gasteiger partial charge in [0.05, 0.1) is 0 Å². The number of rotatable bonds is 4. The average molecular weight is 238 g/mol. The molecule has 2 aliphatic rings. The largest absolute Gasteiger partial charge is 0.356 e. The molecule has 1 aliphatic carbocycles. The molecule has 2 rings (SSSR count). The molecule has 0 aromatic heterocycles.